The topological polar surface area (TPSA) is 271 Å². The summed E-state index contributed by atoms with van der Waals surface area (Å²) in [6.07, 6.45) is 5.27. The Kier molecular flexibility index (Phi) is 12.2. The van der Waals surface area contributed by atoms with E-state index in [1.165, 1.54) is 25.0 Å². The van der Waals surface area contributed by atoms with Gasteiger partial charge in [-0.1, -0.05) is 0 Å². The molecule has 2 atom stereocenters. The zero-order chi connectivity index (χ0) is 29.7. The number of aromatic amines is 2. The first-order chi connectivity index (χ1) is 18.9. The zero-order valence-electron chi connectivity index (χ0n) is 21.1. The Morgan fingerprint density at radius 1 is 0.675 bits per heavy atom. The third-order valence-electron chi connectivity index (χ3n) is 5.41. The van der Waals surface area contributed by atoms with Gasteiger partial charge < -0.3 is 41.0 Å². The number of amides is 2. The molecule has 0 radical (unpaired) electrons. The number of rotatable bonds is 19. The van der Waals surface area contributed by atoms with Crippen molar-refractivity contribution in [2.75, 3.05) is 39.3 Å². The van der Waals surface area contributed by atoms with E-state index < -0.39 is 74.0 Å². The second kappa shape index (κ2) is 15.5. The second-order valence-corrected chi connectivity index (χ2v) is 8.69. The largest absolute Gasteiger partial charge is 0.480 e. The molecule has 0 unspecified atom stereocenters. The Bertz CT molecular complexity index is 1060. The van der Waals surface area contributed by atoms with Gasteiger partial charge in [-0.05, 0) is 0 Å². The van der Waals surface area contributed by atoms with Crippen molar-refractivity contribution >= 4 is 35.7 Å². The molecule has 0 bridgehead atoms. The van der Waals surface area contributed by atoms with Crippen molar-refractivity contribution < 1.29 is 49.2 Å². The Hall–Kier alpha value is -4.84. The van der Waals surface area contributed by atoms with Gasteiger partial charge in [-0.3, -0.25) is 29.0 Å². The number of nitrogens with zero attached hydrogens (tertiary/aromatic N) is 4. The summed E-state index contributed by atoms with van der Waals surface area (Å²) in [5, 5.41) is 41.9. The summed E-state index contributed by atoms with van der Waals surface area (Å²) in [4.78, 5) is 86.1. The average molecular weight is 567 g/mol. The average Bonchev–Trinajstić information content (AvgIpc) is 3.55. The van der Waals surface area contributed by atoms with Crippen LogP contribution < -0.4 is 10.6 Å². The lowest BCUT2D eigenvalue weighted by atomic mass is 10.1. The van der Waals surface area contributed by atoms with Gasteiger partial charge in [-0.25, -0.2) is 19.6 Å². The quantitative estimate of drug-likeness (QED) is 0.0833. The molecule has 0 spiro atoms. The molecule has 0 saturated carbocycles. The monoisotopic (exact) mass is 566 g/mol. The van der Waals surface area contributed by atoms with Crippen LogP contribution >= 0.6 is 0 Å². The number of aliphatic carboxylic acids is 4. The molecule has 2 aromatic rings. The number of carbonyl (C=O) groups is 6. The van der Waals surface area contributed by atoms with E-state index in [0.717, 1.165) is 9.80 Å². The van der Waals surface area contributed by atoms with Crippen LogP contribution in [-0.2, 0) is 41.6 Å². The highest BCUT2D eigenvalue weighted by molar-refractivity contribution is 5.86. The van der Waals surface area contributed by atoms with Crippen LogP contribution in [0.2, 0.25) is 0 Å². The molecule has 2 rings (SSSR count). The Morgan fingerprint density at radius 2 is 1.05 bits per heavy atom. The van der Waals surface area contributed by atoms with Crippen molar-refractivity contribution in [2.24, 2.45) is 0 Å². The fourth-order valence-electron chi connectivity index (χ4n) is 3.61. The molecule has 0 aliphatic rings. The lowest BCUT2D eigenvalue weighted by molar-refractivity contribution is -0.143. The molecule has 40 heavy (non-hydrogen) atoms. The maximum absolute atomic E-state index is 12.5. The number of carbonyl (C=O) groups excluding carboxylic acids is 2. The summed E-state index contributed by atoms with van der Waals surface area (Å²) in [5.41, 5.74) is 0.903. The Morgan fingerprint density at radius 3 is 1.32 bits per heavy atom. The standard InChI is InChI=1S/C22H30N8O10/c31-17(27-15(21(37)38)3-13-5-23-11-25-13)7-29(9-19(33)34)1-2-30(10-20(35)36)8-18(32)28-16(22(39)40)4-14-6-24-12-26-14/h5-6,11-12,15-16H,1-4,7-10H2,(H,23,25)(H,24,26)(H,27,31)(H,28,32)(H,33,34)(H,35,36)(H,37,38)(H,39,40)/t15-,16+. The van der Waals surface area contributed by atoms with E-state index in [-0.39, 0.29) is 25.9 Å². The molecule has 0 aliphatic carbocycles. The number of hydrogen-bond donors (Lipinski definition) is 8. The predicted molar refractivity (Wildman–Crippen MR) is 132 cm³/mol. The van der Waals surface area contributed by atoms with Crippen LogP contribution in [0.25, 0.3) is 0 Å². The van der Waals surface area contributed by atoms with Crippen molar-refractivity contribution in [3.8, 4) is 0 Å². The summed E-state index contributed by atoms with van der Waals surface area (Å²) < 4.78 is 0. The van der Waals surface area contributed by atoms with E-state index in [1.54, 1.807) is 0 Å². The molecule has 2 heterocycles. The second-order valence-electron chi connectivity index (χ2n) is 8.69. The number of carboxylic acid groups (broad SMARTS) is 4. The van der Waals surface area contributed by atoms with Crippen molar-refractivity contribution in [1.29, 1.82) is 0 Å². The highest BCUT2D eigenvalue weighted by atomic mass is 16.4. The van der Waals surface area contributed by atoms with Crippen LogP contribution in [0.15, 0.2) is 25.0 Å². The van der Waals surface area contributed by atoms with Crippen LogP contribution in [0.3, 0.4) is 0 Å². The maximum Gasteiger partial charge on any atom is 0.326 e. The molecule has 18 heteroatoms. The number of hydrogen-bond acceptors (Lipinski definition) is 10. The molecule has 0 fully saturated rings. The van der Waals surface area contributed by atoms with Crippen molar-refractivity contribution in [2.45, 2.75) is 24.9 Å². The van der Waals surface area contributed by atoms with Gasteiger partial charge in [0.05, 0.1) is 38.8 Å². The number of carboxylic acids is 4. The minimum Gasteiger partial charge on any atom is -0.480 e. The highest BCUT2D eigenvalue weighted by Gasteiger charge is 2.25. The van der Waals surface area contributed by atoms with Crippen molar-refractivity contribution in [3.05, 3.63) is 36.4 Å². The summed E-state index contributed by atoms with van der Waals surface area (Å²) in [5.74, 6) is -6.83. The van der Waals surface area contributed by atoms with E-state index in [0.29, 0.717) is 11.4 Å². The van der Waals surface area contributed by atoms with Crippen LogP contribution in [-0.4, -0.2) is 137 Å². The molecular weight excluding hydrogens is 536 g/mol. The predicted octanol–water partition coefficient (Wildman–Crippen LogP) is -3.17. The van der Waals surface area contributed by atoms with Crippen molar-refractivity contribution in [1.82, 2.24) is 40.4 Å². The van der Waals surface area contributed by atoms with E-state index in [4.69, 9.17) is 0 Å². The zero-order valence-corrected chi connectivity index (χ0v) is 21.1. The fourth-order valence-corrected chi connectivity index (χ4v) is 3.61. The lowest BCUT2D eigenvalue weighted by Crippen LogP contribution is -2.50. The molecule has 0 saturated heterocycles. The first-order valence-electron chi connectivity index (χ1n) is 11.8. The minimum absolute atomic E-state index is 0.0980. The van der Waals surface area contributed by atoms with Gasteiger partial charge in [-0.15, -0.1) is 0 Å². The van der Waals surface area contributed by atoms with Crippen LogP contribution in [0.1, 0.15) is 11.4 Å². The first kappa shape index (κ1) is 31.4. The van der Waals surface area contributed by atoms with Gasteiger partial charge in [0.15, 0.2) is 0 Å². The van der Waals surface area contributed by atoms with Gasteiger partial charge in [0.2, 0.25) is 11.8 Å². The van der Waals surface area contributed by atoms with Gasteiger partial charge in [0.25, 0.3) is 0 Å². The van der Waals surface area contributed by atoms with E-state index in [1.807, 2.05) is 0 Å². The summed E-state index contributed by atoms with van der Waals surface area (Å²) in [6.45, 7) is -2.70. The van der Waals surface area contributed by atoms with E-state index >= 15 is 0 Å². The Labute approximate surface area is 226 Å². The van der Waals surface area contributed by atoms with Crippen LogP contribution in [0.5, 0.6) is 0 Å². The summed E-state index contributed by atoms with van der Waals surface area (Å²) >= 11 is 0. The lowest BCUT2D eigenvalue weighted by Gasteiger charge is -2.26. The van der Waals surface area contributed by atoms with E-state index in [9.17, 15) is 49.2 Å². The SMILES string of the molecule is O=C(O)CN(CCN(CC(=O)O)CC(=O)N[C@H](Cc1cnc[nH]1)C(=O)O)CC(=O)N[C@@H](Cc1cnc[nH]1)C(=O)O. The molecule has 2 amide bonds. The fraction of sp³-hybridized carbons (Fsp3) is 0.455. The van der Waals surface area contributed by atoms with Crippen LogP contribution in [0.4, 0.5) is 0 Å². The molecule has 2 aromatic heterocycles. The summed E-state index contributed by atoms with van der Waals surface area (Å²) in [7, 11) is 0. The Balaban J connectivity index is 1.99. The maximum atomic E-state index is 12.5. The molecule has 0 aliphatic heterocycles. The number of nitrogens with one attached hydrogen (secondary N) is 4. The first-order valence-corrected chi connectivity index (χ1v) is 11.8. The smallest absolute Gasteiger partial charge is 0.326 e. The van der Waals surface area contributed by atoms with Gasteiger partial charge >= 0.3 is 23.9 Å². The normalized spacial score (nSPS) is 12.6. The van der Waals surface area contributed by atoms with Crippen molar-refractivity contribution in [3.63, 3.8) is 0 Å². The third-order valence-corrected chi connectivity index (χ3v) is 5.41. The molecule has 0 aromatic carbocycles. The van der Waals surface area contributed by atoms with E-state index in [2.05, 4.69) is 30.6 Å². The number of imidazole rings is 2. The number of aromatic nitrogens is 4. The molecular formula is C22H30N8O10. The minimum atomic E-state index is -1.32. The van der Waals surface area contributed by atoms with Gasteiger partial charge in [-0.2, -0.15) is 0 Å². The molecule has 8 N–H and O–H groups in total. The highest BCUT2D eigenvalue weighted by Crippen LogP contribution is 2.02. The van der Waals surface area contributed by atoms with Gasteiger partial charge in [0, 0.05) is 49.7 Å². The number of H-pyrrole nitrogens is 2. The van der Waals surface area contributed by atoms with Gasteiger partial charge in [0.1, 0.15) is 12.1 Å². The molecule has 18 nitrogen and oxygen atoms in total. The summed E-state index contributed by atoms with van der Waals surface area (Å²) in [6, 6.07) is -2.65. The van der Waals surface area contributed by atoms with Crippen LogP contribution in [0, 0.1) is 0 Å². The molecule has 218 valence electrons. The third kappa shape index (κ3) is 11.7.